The molecule has 1 amide bonds. The number of hydrogen-bond donors (Lipinski definition) is 3. The molecular formula is C14H17N3O2. The SMILES string of the molecule is Cc1ccc(C(=O)NCCCc2ncc[nH]2)c(O)c1. The number of carbonyl (C=O) groups excluding carboxylic acids is 1. The van der Waals surface area contributed by atoms with Gasteiger partial charge in [0.2, 0.25) is 0 Å². The highest BCUT2D eigenvalue weighted by atomic mass is 16.3. The number of aromatic nitrogens is 2. The maximum absolute atomic E-state index is 11.8. The highest BCUT2D eigenvalue weighted by molar-refractivity contribution is 5.96. The van der Waals surface area contributed by atoms with Crippen LogP contribution >= 0.6 is 0 Å². The zero-order chi connectivity index (χ0) is 13.7. The van der Waals surface area contributed by atoms with E-state index in [9.17, 15) is 9.90 Å². The van der Waals surface area contributed by atoms with Gasteiger partial charge in [0.1, 0.15) is 11.6 Å². The molecule has 0 aliphatic heterocycles. The molecule has 0 saturated carbocycles. The monoisotopic (exact) mass is 259 g/mol. The average Bonchev–Trinajstić information content (AvgIpc) is 2.87. The van der Waals surface area contributed by atoms with Crippen LogP contribution < -0.4 is 5.32 Å². The molecule has 100 valence electrons. The number of nitrogens with one attached hydrogen (secondary N) is 2. The van der Waals surface area contributed by atoms with Crippen LogP contribution in [0.15, 0.2) is 30.6 Å². The molecule has 0 saturated heterocycles. The second-order valence-corrected chi connectivity index (χ2v) is 4.42. The van der Waals surface area contributed by atoms with Crippen LogP contribution in [-0.2, 0) is 6.42 Å². The average molecular weight is 259 g/mol. The van der Waals surface area contributed by atoms with Gasteiger partial charge < -0.3 is 15.4 Å². The van der Waals surface area contributed by atoms with Crippen molar-refractivity contribution in [3.8, 4) is 5.75 Å². The van der Waals surface area contributed by atoms with Gasteiger partial charge in [-0.25, -0.2) is 4.98 Å². The number of carbonyl (C=O) groups is 1. The van der Waals surface area contributed by atoms with Crippen LogP contribution in [0.2, 0.25) is 0 Å². The Bertz CT molecular complexity index is 550. The van der Waals surface area contributed by atoms with Crippen molar-refractivity contribution in [3.05, 3.63) is 47.5 Å². The van der Waals surface area contributed by atoms with Crippen molar-refractivity contribution in [2.75, 3.05) is 6.54 Å². The van der Waals surface area contributed by atoms with Crippen LogP contribution in [0, 0.1) is 6.92 Å². The Morgan fingerprint density at radius 3 is 3.00 bits per heavy atom. The topological polar surface area (TPSA) is 78.0 Å². The van der Waals surface area contributed by atoms with E-state index >= 15 is 0 Å². The maximum atomic E-state index is 11.8. The van der Waals surface area contributed by atoms with Crippen LogP contribution in [0.3, 0.4) is 0 Å². The lowest BCUT2D eigenvalue weighted by atomic mass is 10.1. The summed E-state index contributed by atoms with van der Waals surface area (Å²) in [5.74, 6) is 0.674. The molecule has 0 fully saturated rings. The Labute approximate surface area is 111 Å². The Morgan fingerprint density at radius 2 is 2.32 bits per heavy atom. The third-order valence-electron chi connectivity index (χ3n) is 2.83. The Balaban J connectivity index is 1.81. The number of aryl methyl sites for hydroxylation is 2. The van der Waals surface area contributed by atoms with Crippen molar-refractivity contribution in [1.82, 2.24) is 15.3 Å². The molecule has 19 heavy (non-hydrogen) atoms. The van der Waals surface area contributed by atoms with Gasteiger partial charge in [-0.3, -0.25) is 4.79 Å². The third kappa shape index (κ3) is 3.58. The van der Waals surface area contributed by atoms with Crippen LogP contribution in [0.25, 0.3) is 0 Å². The van der Waals surface area contributed by atoms with Crippen molar-refractivity contribution >= 4 is 5.91 Å². The number of amides is 1. The predicted octanol–water partition coefficient (Wildman–Crippen LogP) is 1.79. The first-order chi connectivity index (χ1) is 9.16. The van der Waals surface area contributed by atoms with Crippen molar-refractivity contribution in [2.24, 2.45) is 0 Å². The number of imidazole rings is 1. The Kier molecular flexibility index (Phi) is 4.18. The van der Waals surface area contributed by atoms with Gasteiger partial charge in [0.25, 0.3) is 5.91 Å². The summed E-state index contributed by atoms with van der Waals surface area (Å²) in [5.41, 5.74) is 1.23. The van der Waals surface area contributed by atoms with E-state index in [0.29, 0.717) is 12.1 Å². The van der Waals surface area contributed by atoms with Gasteiger partial charge >= 0.3 is 0 Å². The first kappa shape index (κ1) is 13.1. The minimum absolute atomic E-state index is 0.0172. The van der Waals surface area contributed by atoms with Gasteiger partial charge in [-0.1, -0.05) is 6.07 Å². The van der Waals surface area contributed by atoms with Crippen LogP contribution in [0.1, 0.15) is 28.2 Å². The van der Waals surface area contributed by atoms with Gasteiger partial charge in [-0.05, 0) is 31.0 Å². The summed E-state index contributed by atoms with van der Waals surface area (Å²) in [5, 5.41) is 12.5. The van der Waals surface area contributed by atoms with E-state index < -0.39 is 0 Å². The smallest absolute Gasteiger partial charge is 0.255 e. The Morgan fingerprint density at radius 1 is 1.47 bits per heavy atom. The first-order valence-electron chi connectivity index (χ1n) is 6.23. The summed E-state index contributed by atoms with van der Waals surface area (Å²) in [6, 6.07) is 5.02. The lowest BCUT2D eigenvalue weighted by Gasteiger charge is -2.07. The fraction of sp³-hybridized carbons (Fsp3) is 0.286. The first-order valence-corrected chi connectivity index (χ1v) is 6.23. The molecule has 2 aromatic rings. The molecule has 0 spiro atoms. The van der Waals surface area contributed by atoms with E-state index in [1.165, 1.54) is 0 Å². The molecule has 0 radical (unpaired) electrons. The normalized spacial score (nSPS) is 10.4. The van der Waals surface area contributed by atoms with E-state index in [2.05, 4.69) is 15.3 Å². The van der Waals surface area contributed by atoms with Gasteiger partial charge in [0.05, 0.1) is 5.56 Å². The standard InChI is InChI=1S/C14H17N3O2/c1-10-4-5-11(12(18)9-10)14(19)17-6-2-3-13-15-7-8-16-13/h4-5,7-9,18H,2-3,6H2,1H3,(H,15,16)(H,17,19). The van der Waals surface area contributed by atoms with Gasteiger partial charge in [-0.2, -0.15) is 0 Å². The number of phenols is 1. The molecule has 1 aromatic carbocycles. The van der Waals surface area contributed by atoms with Gasteiger partial charge in [-0.15, -0.1) is 0 Å². The molecule has 0 atom stereocenters. The zero-order valence-corrected chi connectivity index (χ0v) is 10.8. The number of rotatable bonds is 5. The summed E-state index contributed by atoms with van der Waals surface area (Å²) in [7, 11) is 0. The van der Waals surface area contributed by atoms with Crippen LogP contribution in [0.5, 0.6) is 5.75 Å². The lowest BCUT2D eigenvalue weighted by molar-refractivity contribution is 0.0950. The van der Waals surface area contributed by atoms with Crippen molar-refractivity contribution in [3.63, 3.8) is 0 Å². The van der Waals surface area contributed by atoms with Crippen LogP contribution in [-0.4, -0.2) is 27.5 Å². The number of aromatic amines is 1. The molecule has 1 aromatic heterocycles. The van der Waals surface area contributed by atoms with Crippen molar-refractivity contribution in [2.45, 2.75) is 19.8 Å². The molecule has 0 bridgehead atoms. The minimum Gasteiger partial charge on any atom is -0.507 e. The molecule has 0 aliphatic carbocycles. The molecular weight excluding hydrogens is 242 g/mol. The number of benzene rings is 1. The fourth-order valence-electron chi connectivity index (χ4n) is 1.82. The minimum atomic E-state index is -0.253. The summed E-state index contributed by atoms with van der Waals surface area (Å²) >= 11 is 0. The molecule has 0 unspecified atom stereocenters. The van der Waals surface area contributed by atoms with E-state index in [4.69, 9.17) is 0 Å². The quantitative estimate of drug-likeness (QED) is 0.716. The van der Waals surface area contributed by atoms with Crippen LogP contribution in [0.4, 0.5) is 0 Å². The number of nitrogens with zero attached hydrogens (tertiary/aromatic N) is 1. The number of H-pyrrole nitrogens is 1. The van der Waals surface area contributed by atoms with Crippen molar-refractivity contribution in [1.29, 1.82) is 0 Å². The molecule has 5 heteroatoms. The molecule has 2 rings (SSSR count). The predicted molar refractivity (Wildman–Crippen MR) is 72.1 cm³/mol. The Hall–Kier alpha value is -2.30. The van der Waals surface area contributed by atoms with E-state index in [0.717, 1.165) is 24.2 Å². The summed E-state index contributed by atoms with van der Waals surface area (Å²) in [6.45, 7) is 2.41. The van der Waals surface area contributed by atoms with Gasteiger partial charge in [0, 0.05) is 25.4 Å². The molecule has 5 nitrogen and oxygen atoms in total. The summed E-state index contributed by atoms with van der Waals surface area (Å²) < 4.78 is 0. The van der Waals surface area contributed by atoms with E-state index in [1.54, 1.807) is 30.6 Å². The lowest BCUT2D eigenvalue weighted by Crippen LogP contribution is -2.24. The second kappa shape index (κ2) is 6.04. The molecule has 3 N–H and O–H groups in total. The molecule has 1 heterocycles. The zero-order valence-electron chi connectivity index (χ0n) is 10.8. The number of hydrogen-bond acceptors (Lipinski definition) is 3. The highest BCUT2D eigenvalue weighted by Crippen LogP contribution is 2.17. The van der Waals surface area contributed by atoms with E-state index in [1.807, 2.05) is 6.92 Å². The summed E-state index contributed by atoms with van der Waals surface area (Å²) in [6.07, 6.45) is 5.07. The molecule has 0 aliphatic rings. The largest absolute Gasteiger partial charge is 0.507 e. The maximum Gasteiger partial charge on any atom is 0.255 e. The van der Waals surface area contributed by atoms with Crippen molar-refractivity contribution < 1.29 is 9.90 Å². The second-order valence-electron chi connectivity index (χ2n) is 4.42. The fourth-order valence-corrected chi connectivity index (χ4v) is 1.82. The van der Waals surface area contributed by atoms with Gasteiger partial charge in [0.15, 0.2) is 0 Å². The highest BCUT2D eigenvalue weighted by Gasteiger charge is 2.10. The summed E-state index contributed by atoms with van der Waals surface area (Å²) in [4.78, 5) is 19.0. The number of phenolic OH excluding ortho intramolecular Hbond substituents is 1. The number of aromatic hydroxyl groups is 1. The van der Waals surface area contributed by atoms with E-state index in [-0.39, 0.29) is 11.7 Å². The third-order valence-corrected chi connectivity index (χ3v) is 2.83.